The molecule has 0 amide bonds. The van der Waals surface area contributed by atoms with Crippen LogP contribution >= 0.6 is 11.3 Å². The minimum absolute atomic E-state index is 0.416. The zero-order valence-electron chi connectivity index (χ0n) is 6.00. The first-order chi connectivity index (χ1) is 5.25. The Bertz CT molecular complexity index is 364. The first kappa shape index (κ1) is 7.88. The Labute approximate surface area is 68.6 Å². The summed E-state index contributed by atoms with van der Waals surface area (Å²) in [6.07, 6.45) is 2.91. The molecule has 2 nitrogen and oxygen atoms in total. The van der Waals surface area contributed by atoms with E-state index >= 15 is 0 Å². The van der Waals surface area contributed by atoms with Crippen molar-refractivity contribution in [3.63, 3.8) is 0 Å². The molecule has 0 aliphatic heterocycles. The third-order valence-corrected chi connectivity index (χ3v) is 2.08. The third kappa shape index (κ3) is 1.62. The van der Waals surface area contributed by atoms with E-state index in [-0.39, 0.29) is 0 Å². The second-order valence-corrected chi connectivity index (χ2v) is 3.03. The highest BCUT2D eigenvalue weighted by molar-refractivity contribution is 7.07. The normalized spacial score (nSPS) is 13.8. The Hall–Kier alpha value is -1.22. The molecular weight excluding hydrogens is 158 g/mol. The second kappa shape index (κ2) is 3.25. The lowest BCUT2D eigenvalue weighted by molar-refractivity contribution is 0.511. The molecule has 1 aromatic rings. The van der Waals surface area contributed by atoms with E-state index in [2.05, 4.69) is 6.58 Å². The van der Waals surface area contributed by atoms with Crippen LogP contribution in [0.4, 0.5) is 0 Å². The summed E-state index contributed by atoms with van der Waals surface area (Å²) >= 11 is 1.53. The van der Waals surface area contributed by atoms with Crippen LogP contribution in [-0.2, 0) is 0 Å². The molecule has 1 aromatic heterocycles. The van der Waals surface area contributed by atoms with Gasteiger partial charge in [-0.15, -0.1) is 11.3 Å². The van der Waals surface area contributed by atoms with E-state index in [1.54, 1.807) is 6.08 Å². The quantitative estimate of drug-likeness (QED) is 0.563. The summed E-state index contributed by atoms with van der Waals surface area (Å²) in [7, 11) is 0. The zero-order valence-corrected chi connectivity index (χ0v) is 6.82. The minimum atomic E-state index is 0.416. The Balaban J connectivity index is 3.38. The lowest BCUT2D eigenvalue weighted by atomic mass is 10.3. The molecule has 3 heteroatoms. The molecule has 0 spiro atoms. The summed E-state index contributed by atoms with van der Waals surface area (Å²) in [6, 6.07) is 1.87. The Morgan fingerprint density at radius 3 is 2.91 bits per heavy atom. The molecule has 4 N–H and O–H groups in total. The van der Waals surface area contributed by atoms with Gasteiger partial charge in [0.2, 0.25) is 0 Å². The van der Waals surface area contributed by atoms with E-state index in [1.807, 2.05) is 11.4 Å². The predicted molar refractivity (Wildman–Crippen MR) is 49.4 cm³/mol. The lowest BCUT2D eigenvalue weighted by Crippen LogP contribution is -2.18. The van der Waals surface area contributed by atoms with Crippen LogP contribution in [0.1, 0.15) is 0 Å². The third-order valence-electron chi connectivity index (χ3n) is 1.30. The summed E-state index contributed by atoms with van der Waals surface area (Å²) in [5, 5.41) is 10.3. The molecule has 0 atom stereocenters. The Morgan fingerprint density at radius 1 is 1.73 bits per heavy atom. The first-order valence-electron chi connectivity index (χ1n) is 3.12. The lowest BCUT2D eigenvalue weighted by Gasteiger charge is -1.81. The molecule has 0 aliphatic rings. The topological polar surface area (TPSA) is 48.9 Å². The molecule has 0 saturated carbocycles. The second-order valence-electron chi connectivity index (χ2n) is 2.03. The van der Waals surface area contributed by atoms with Gasteiger partial charge in [0, 0.05) is 16.8 Å². The highest BCUT2D eigenvalue weighted by Crippen LogP contribution is 1.87. The van der Waals surface area contributed by atoms with Crippen LogP contribution in [0.25, 0.3) is 12.3 Å². The Kier molecular flexibility index (Phi) is 2.33. The maximum absolute atomic E-state index is 7.49. The summed E-state index contributed by atoms with van der Waals surface area (Å²) in [6.45, 7) is 3.79. The van der Waals surface area contributed by atoms with Crippen LogP contribution in [0.2, 0.25) is 0 Å². The summed E-state index contributed by atoms with van der Waals surface area (Å²) in [5.74, 6) is 0.416. The van der Waals surface area contributed by atoms with Gasteiger partial charge in [-0.3, -0.25) is 0 Å². The van der Waals surface area contributed by atoms with Gasteiger partial charge in [0.15, 0.2) is 0 Å². The van der Waals surface area contributed by atoms with Gasteiger partial charge in [-0.1, -0.05) is 6.58 Å². The van der Waals surface area contributed by atoms with Crippen LogP contribution in [0.3, 0.4) is 0 Å². The monoisotopic (exact) mass is 168 g/mol. The van der Waals surface area contributed by atoms with Gasteiger partial charge >= 0.3 is 0 Å². The number of hydrogen-bond donors (Lipinski definition) is 1. The van der Waals surface area contributed by atoms with Gasteiger partial charge in [0.05, 0.1) is 5.22 Å². The van der Waals surface area contributed by atoms with Crippen molar-refractivity contribution >= 4 is 23.7 Å². The average molecular weight is 168 g/mol. The van der Waals surface area contributed by atoms with E-state index < -0.39 is 0 Å². The van der Waals surface area contributed by atoms with Gasteiger partial charge < -0.3 is 10.8 Å². The first-order valence-corrected chi connectivity index (χ1v) is 4.00. The van der Waals surface area contributed by atoms with E-state index in [0.717, 1.165) is 9.75 Å². The van der Waals surface area contributed by atoms with Crippen molar-refractivity contribution in [2.75, 3.05) is 0 Å². The van der Waals surface area contributed by atoms with Crippen LogP contribution in [-0.4, -0.2) is 5.11 Å². The van der Waals surface area contributed by atoms with Gasteiger partial charge in [0.1, 0.15) is 0 Å². The molecule has 1 rings (SSSR count). The van der Waals surface area contributed by atoms with Crippen LogP contribution in [0, 0.1) is 0 Å². The fourth-order valence-electron chi connectivity index (χ4n) is 0.767. The van der Waals surface area contributed by atoms with E-state index in [1.165, 1.54) is 17.5 Å². The molecule has 0 aliphatic carbocycles. The van der Waals surface area contributed by atoms with E-state index in [4.69, 9.17) is 10.8 Å². The van der Waals surface area contributed by atoms with Gasteiger partial charge in [0.25, 0.3) is 5.76 Å². The van der Waals surface area contributed by atoms with Crippen molar-refractivity contribution in [1.29, 1.82) is 0 Å². The van der Waals surface area contributed by atoms with Crippen LogP contribution < -0.4 is 15.5 Å². The number of rotatable bonds is 1. The minimum Gasteiger partial charge on any atom is -0.593 e. The highest BCUT2D eigenvalue weighted by atomic mass is 32.1. The molecule has 0 bridgehead atoms. The fourth-order valence-corrected chi connectivity index (χ4v) is 1.44. The van der Waals surface area contributed by atoms with Gasteiger partial charge in [-0.05, 0) is 11.4 Å². The predicted octanol–water partition coefficient (Wildman–Crippen LogP) is -0.536. The average Bonchev–Trinajstić information content (AvgIpc) is 2.36. The van der Waals surface area contributed by atoms with Crippen molar-refractivity contribution in [3.05, 3.63) is 33.5 Å². The van der Waals surface area contributed by atoms with Crippen LogP contribution in [0.15, 0.2) is 23.7 Å². The van der Waals surface area contributed by atoms with Gasteiger partial charge in [-0.2, -0.15) is 0 Å². The van der Waals surface area contributed by atoms with Crippen molar-refractivity contribution in [2.45, 2.75) is 0 Å². The number of hydrogen-bond acceptors (Lipinski definition) is 2. The van der Waals surface area contributed by atoms with Crippen molar-refractivity contribution in [2.24, 2.45) is 5.73 Å². The molecule has 0 aromatic carbocycles. The molecule has 1 heterocycles. The number of nitrogens with two attached hydrogens (primary N) is 1. The molecule has 0 fully saturated rings. The maximum atomic E-state index is 7.49. The maximum Gasteiger partial charge on any atom is 0.264 e. The van der Waals surface area contributed by atoms with Crippen molar-refractivity contribution < 1.29 is 5.11 Å². The highest BCUT2D eigenvalue weighted by Gasteiger charge is 1.95. The fraction of sp³-hybridized carbons (Fsp3) is 0. The SMILES string of the molecule is C=c1scc/c1=C([OH2+])/C=C\N. The van der Waals surface area contributed by atoms with E-state index in [0.29, 0.717) is 5.76 Å². The Morgan fingerprint density at radius 2 is 2.45 bits per heavy atom. The molecule has 0 radical (unpaired) electrons. The molecule has 0 saturated heterocycles. The van der Waals surface area contributed by atoms with Crippen molar-refractivity contribution in [3.8, 4) is 0 Å². The summed E-state index contributed by atoms with van der Waals surface area (Å²) < 4.78 is 0.910. The smallest absolute Gasteiger partial charge is 0.264 e. The summed E-state index contributed by atoms with van der Waals surface area (Å²) in [5.41, 5.74) is 5.15. The molecule has 0 unspecified atom stereocenters. The summed E-state index contributed by atoms with van der Waals surface area (Å²) in [4.78, 5) is 0. The standard InChI is InChI=1S/C8H9NOS/c1-6-7(3-5-11-6)8(10)2-4-9/h2-5,10H,1,9H2/p+1/b4-2-,8-7+. The molecule has 58 valence electrons. The molecule has 11 heavy (non-hydrogen) atoms. The number of thiophene rings is 1. The van der Waals surface area contributed by atoms with Gasteiger partial charge in [-0.25, -0.2) is 0 Å². The zero-order chi connectivity index (χ0) is 8.27. The largest absolute Gasteiger partial charge is 0.593 e. The van der Waals surface area contributed by atoms with E-state index in [9.17, 15) is 0 Å². The van der Waals surface area contributed by atoms with Crippen LogP contribution in [0.5, 0.6) is 0 Å². The molecular formula is C8H10NOS+. The van der Waals surface area contributed by atoms with Crippen molar-refractivity contribution in [1.82, 2.24) is 0 Å².